The normalized spacial score (nSPS) is 12.9. The number of hydrogen-bond donors (Lipinski definition) is 0. The number of hydrogen-bond acceptors (Lipinski definition) is 4. The fraction of sp³-hybridized carbons (Fsp3) is 0.200. The Labute approximate surface area is 150 Å². The van der Waals surface area contributed by atoms with E-state index in [1.54, 1.807) is 24.1 Å². The fourth-order valence-electron chi connectivity index (χ4n) is 3.09. The molecule has 5 nitrogen and oxygen atoms in total. The van der Waals surface area contributed by atoms with E-state index in [4.69, 9.17) is 9.47 Å². The molecular weight excluding hydrogens is 335 g/mol. The first-order valence-electron chi connectivity index (χ1n) is 8.30. The van der Waals surface area contributed by atoms with Crippen LogP contribution in [0.1, 0.15) is 5.56 Å². The Bertz CT molecular complexity index is 990. The molecular formula is C20H17FN2O3. The van der Waals surface area contributed by atoms with Crippen LogP contribution in [0, 0.1) is 5.82 Å². The van der Waals surface area contributed by atoms with Crippen LogP contribution in [-0.2, 0) is 11.2 Å². The molecule has 0 radical (unpaired) electrons. The molecule has 1 aliphatic rings. The number of methoxy groups -OCH3 is 1. The minimum absolute atomic E-state index is 0.166. The highest BCUT2D eigenvalue weighted by molar-refractivity contribution is 5.97. The summed E-state index contributed by atoms with van der Waals surface area (Å²) in [5.41, 5.74) is 1.80. The lowest BCUT2D eigenvalue weighted by molar-refractivity contribution is -0.120. The summed E-state index contributed by atoms with van der Waals surface area (Å²) in [5.74, 6) is 1.09. The summed E-state index contributed by atoms with van der Waals surface area (Å²) in [6.45, 7) is 0.391. The molecule has 1 aromatic heterocycles. The molecule has 0 fully saturated rings. The van der Waals surface area contributed by atoms with Crippen LogP contribution in [0.15, 0.2) is 48.5 Å². The highest BCUT2D eigenvalue weighted by Gasteiger charge is 2.27. The van der Waals surface area contributed by atoms with Crippen molar-refractivity contribution in [2.45, 2.75) is 6.42 Å². The van der Waals surface area contributed by atoms with Crippen molar-refractivity contribution in [1.82, 2.24) is 4.98 Å². The first-order valence-corrected chi connectivity index (χ1v) is 8.30. The van der Waals surface area contributed by atoms with Gasteiger partial charge in [0.1, 0.15) is 23.1 Å². The smallest absolute Gasteiger partial charge is 0.266 e. The van der Waals surface area contributed by atoms with Crippen LogP contribution < -0.4 is 14.4 Å². The number of halogens is 1. The van der Waals surface area contributed by atoms with Gasteiger partial charge in [0.15, 0.2) is 6.61 Å². The lowest BCUT2D eigenvalue weighted by Crippen LogP contribution is -2.33. The summed E-state index contributed by atoms with van der Waals surface area (Å²) in [4.78, 5) is 18.8. The average molecular weight is 352 g/mol. The first kappa shape index (κ1) is 16.3. The maximum absolute atomic E-state index is 13.2. The van der Waals surface area contributed by atoms with Crippen LogP contribution in [0.25, 0.3) is 10.9 Å². The van der Waals surface area contributed by atoms with Gasteiger partial charge in [0.25, 0.3) is 5.91 Å². The molecule has 0 unspecified atom stereocenters. The minimum Gasteiger partial charge on any atom is -0.497 e. The zero-order valence-electron chi connectivity index (χ0n) is 14.2. The molecule has 2 heterocycles. The molecule has 3 aromatic rings. The van der Waals surface area contributed by atoms with Crippen molar-refractivity contribution in [3.63, 3.8) is 0 Å². The molecule has 26 heavy (non-hydrogen) atoms. The highest BCUT2D eigenvalue weighted by atomic mass is 19.1. The molecule has 0 spiro atoms. The number of fused-ring (bicyclic) bond motifs is 2. The lowest BCUT2D eigenvalue weighted by atomic mass is 10.1. The third kappa shape index (κ3) is 3.06. The predicted octanol–water partition coefficient (Wildman–Crippen LogP) is 3.35. The van der Waals surface area contributed by atoms with Gasteiger partial charge < -0.3 is 9.47 Å². The Hall–Kier alpha value is -3.15. The van der Waals surface area contributed by atoms with Gasteiger partial charge >= 0.3 is 0 Å². The van der Waals surface area contributed by atoms with Gasteiger partial charge in [-0.2, -0.15) is 0 Å². The molecule has 0 bridgehead atoms. The third-order valence-electron chi connectivity index (χ3n) is 4.40. The Morgan fingerprint density at radius 3 is 2.88 bits per heavy atom. The van der Waals surface area contributed by atoms with Crippen molar-refractivity contribution in [2.24, 2.45) is 0 Å². The first-order chi connectivity index (χ1) is 12.6. The van der Waals surface area contributed by atoms with Crippen LogP contribution in [0.3, 0.4) is 0 Å². The van der Waals surface area contributed by atoms with E-state index in [9.17, 15) is 9.18 Å². The zero-order valence-corrected chi connectivity index (χ0v) is 14.2. The average Bonchev–Trinajstić information content (AvgIpc) is 3.06. The number of ether oxygens (including phenoxy) is 2. The van der Waals surface area contributed by atoms with E-state index in [1.165, 1.54) is 12.1 Å². The molecule has 2 aromatic carbocycles. The molecule has 1 amide bonds. The van der Waals surface area contributed by atoms with E-state index in [1.807, 2.05) is 18.2 Å². The summed E-state index contributed by atoms with van der Waals surface area (Å²) in [6, 6.07) is 13.5. The van der Waals surface area contributed by atoms with Crippen LogP contribution in [0.5, 0.6) is 11.5 Å². The van der Waals surface area contributed by atoms with E-state index in [0.29, 0.717) is 18.1 Å². The molecule has 0 atom stereocenters. The van der Waals surface area contributed by atoms with E-state index in [-0.39, 0.29) is 12.5 Å². The fourth-order valence-corrected chi connectivity index (χ4v) is 3.09. The molecule has 6 heteroatoms. The Morgan fingerprint density at radius 1 is 1.19 bits per heavy atom. The number of carbonyl (C=O) groups is 1. The van der Waals surface area contributed by atoms with Gasteiger partial charge in [0.2, 0.25) is 0 Å². The standard InChI is InChI=1S/C20H17FN2O3/c1-25-16-6-5-13-9-14-7-8-23(20(14)22-18(13)11-16)19(24)12-26-17-4-2-3-15(21)10-17/h2-6,9-11H,7-8,12H2,1H3. The number of anilines is 1. The summed E-state index contributed by atoms with van der Waals surface area (Å²) >= 11 is 0. The number of benzene rings is 2. The minimum atomic E-state index is -0.399. The van der Waals surface area contributed by atoms with Crippen molar-refractivity contribution in [3.8, 4) is 11.5 Å². The highest BCUT2D eigenvalue weighted by Crippen LogP contribution is 2.31. The van der Waals surface area contributed by atoms with Crippen molar-refractivity contribution >= 4 is 22.6 Å². The Morgan fingerprint density at radius 2 is 2.08 bits per heavy atom. The van der Waals surface area contributed by atoms with Gasteiger partial charge in [-0.15, -0.1) is 0 Å². The van der Waals surface area contributed by atoms with Crippen LogP contribution in [-0.4, -0.2) is 31.2 Å². The molecule has 4 rings (SSSR count). The van der Waals surface area contributed by atoms with Gasteiger partial charge in [0.05, 0.1) is 12.6 Å². The molecule has 1 aliphatic heterocycles. The second kappa shape index (κ2) is 6.63. The number of amides is 1. The summed E-state index contributed by atoms with van der Waals surface area (Å²) in [6.07, 6.45) is 0.746. The summed E-state index contributed by atoms with van der Waals surface area (Å²) in [5, 5.41) is 1.01. The summed E-state index contributed by atoms with van der Waals surface area (Å²) < 4.78 is 23.9. The van der Waals surface area contributed by atoms with Gasteiger partial charge in [-0.3, -0.25) is 9.69 Å². The van der Waals surface area contributed by atoms with Crippen molar-refractivity contribution in [3.05, 3.63) is 59.9 Å². The second-order valence-electron chi connectivity index (χ2n) is 6.07. The Kier molecular flexibility index (Phi) is 4.16. The molecule has 0 N–H and O–H groups in total. The van der Waals surface area contributed by atoms with Crippen molar-refractivity contribution in [1.29, 1.82) is 0 Å². The van der Waals surface area contributed by atoms with Gasteiger partial charge in [-0.05, 0) is 42.3 Å². The van der Waals surface area contributed by atoms with Gasteiger partial charge in [-0.1, -0.05) is 6.07 Å². The number of pyridine rings is 1. The number of carbonyl (C=O) groups excluding carboxylic acids is 1. The van der Waals surface area contributed by atoms with Crippen molar-refractivity contribution < 1.29 is 18.7 Å². The van der Waals surface area contributed by atoms with E-state index < -0.39 is 5.82 Å². The number of rotatable bonds is 4. The van der Waals surface area contributed by atoms with Crippen LogP contribution in [0.4, 0.5) is 10.2 Å². The van der Waals surface area contributed by atoms with E-state index in [0.717, 1.165) is 28.6 Å². The zero-order chi connectivity index (χ0) is 18.1. The van der Waals surface area contributed by atoms with Gasteiger partial charge in [-0.25, -0.2) is 9.37 Å². The number of aromatic nitrogens is 1. The number of nitrogens with zero attached hydrogens (tertiary/aromatic N) is 2. The lowest BCUT2D eigenvalue weighted by Gasteiger charge is -2.17. The maximum Gasteiger partial charge on any atom is 0.266 e. The van der Waals surface area contributed by atoms with E-state index in [2.05, 4.69) is 11.1 Å². The van der Waals surface area contributed by atoms with Crippen LogP contribution >= 0.6 is 0 Å². The quantitative estimate of drug-likeness (QED) is 0.723. The topological polar surface area (TPSA) is 51.7 Å². The van der Waals surface area contributed by atoms with Crippen molar-refractivity contribution in [2.75, 3.05) is 25.2 Å². The van der Waals surface area contributed by atoms with Crippen LogP contribution in [0.2, 0.25) is 0 Å². The summed E-state index contributed by atoms with van der Waals surface area (Å²) in [7, 11) is 1.61. The SMILES string of the molecule is COc1ccc2cc3c(nc2c1)N(C(=O)COc1cccc(F)c1)CC3. The second-order valence-corrected chi connectivity index (χ2v) is 6.07. The predicted molar refractivity (Wildman–Crippen MR) is 96.2 cm³/mol. The largest absolute Gasteiger partial charge is 0.497 e. The molecule has 0 saturated heterocycles. The maximum atomic E-state index is 13.2. The molecule has 132 valence electrons. The third-order valence-corrected chi connectivity index (χ3v) is 4.40. The monoisotopic (exact) mass is 352 g/mol. The van der Waals surface area contributed by atoms with Gasteiger partial charge in [0, 0.05) is 24.1 Å². The Balaban J connectivity index is 1.56. The van der Waals surface area contributed by atoms with E-state index >= 15 is 0 Å². The molecule has 0 saturated carbocycles. The molecule has 0 aliphatic carbocycles.